The molecule has 3 heteroatoms. The largest absolute Gasteiger partial charge is 0.380 e. The van der Waals surface area contributed by atoms with E-state index >= 15 is 0 Å². The summed E-state index contributed by atoms with van der Waals surface area (Å²) in [7, 11) is 0. The maximum Gasteiger partial charge on any atom is 0.123 e. The normalized spacial score (nSPS) is 11.1. The highest BCUT2D eigenvalue weighted by atomic mass is 19.1. The molecule has 0 bridgehead atoms. The molecule has 0 spiro atoms. The van der Waals surface area contributed by atoms with Gasteiger partial charge >= 0.3 is 0 Å². The minimum Gasteiger partial charge on any atom is -0.380 e. The number of aromatic nitrogens is 1. The zero-order valence-electron chi connectivity index (χ0n) is 9.45. The van der Waals surface area contributed by atoms with Gasteiger partial charge in [0, 0.05) is 30.3 Å². The average Bonchev–Trinajstić information content (AvgIpc) is 2.67. The smallest absolute Gasteiger partial charge is 0.123 e. The molecule has 1 aromatic heterocycles. The van der Waals surface area contributed by atoms with E-state index in [0.29, 0.717) is 6.61 Å². The fourth-order valence-corrected chi connectivity index (χ4v) is 1.78. The topological polar surface area (TPSA) is 14.2 Å². The van der Waals surface area contributed by atoms with Crippen molar-refractivity contribution in [3.8, 4) is 0 Å². The van der Waals surface area contributed by atoms with Crippen molar-refractivity contribution in [2.24, 2.45) is 0 Å². The van der Waals surface area contributed by atoms with Crippen molar-refractivity contribution in [1.29, 1.82) is 0 Å². The van der Waals surface area contributed by atoms with Gasteiger partial charge < -0.3 is 9.30 Å². The lowest BCUT2D eigenvalue weighted by Gasteiger charge is -2.05. The Morgan fingerprint density at radius 2 is 2.12 bits per heavy atom. The SMILES string of the molecule is CCCOCCn1ccc2cc(F)ccc21. The average molecular weight is 221 g/mol. The number of halogens is 1. The van der Waals surface area contributed by atoms with Crippen molar-refractivity contribution in [3.63, 3.8) is 0 Å². The van der Waals surface area contributed by atoms with Crippen LogP contribution in [0.25, 0.3) is 10.9 Å². The predicted molar refractivity (Wildman–Crippen MR) is 63.0 cm³/mol. The Kier molecular flexibility index (Phi) is 3.57. The molecule has 0 unspecified atom stereocenters. The molecule has 2 rings (SSSR count). The maximum absolute atomic E-state index is 13.0. The fourth-order valence-electron chi connectivity index (χ4n) is 1.78. The van der Waals surface area contributed by atoms with Gasteiger partial charge in [-0.05, 0) is 30.7 Å². The molecule has 0 radical (unpaired) electrons. The van der Waals surface area contributed by atoms with Crippen LogP contribution >= 0.6 is 0 Å². The minimum absolute atomic E-state index is 0.188. The molecule has 1 aromatic carbocycles. The van der Waals surface area contributed by atoms with Crippen LogP contribution in [0.15, 0.2) is 30.5 Å². The Bertz CT molecular complexity index is 464. The summed E-state index contributed by atoms with van der Waals surface area (Å²) in [5.41, 5.74) is 1.06. The first-order valence-corrected chi connectivity index (χ1v) is 5.63. The van der Waals surface area contributed by atoms with Crippen LogP contribution in [0.1, 0.15) is 13.3 Å². The van der Waals surface area contributed by atoms with Gasteiger partial charge in [-0.15, -0.1) is 0 Å². The lowest BCUT2D eigenvalue weighted by Crippen LogP contribution is -2.05. The molecule has 0 aliphatic rings. The van der Waals surface area contributed by atoms with Gasteiger partial charge in [0.15, 0.2) is 0 Å². The van der Waals surface area contributed by atoms with E-state index in [9.17, 15) is 4.39 Å². The van der Waals surface area contributed by atoms with Crippen LogP contribution in [-0.2, 0) is 11.3 Å². The van der Waals surface area contributed by atoms with Gasteiger partial charge in [-0.1, -0.05) is 6.92 Å². The van der Waals surface area contributed by atoms with E-state index < -0.39 is 0 Å². The highest BCUT2D eigenvalue weighted by Gasteiger charge is 2.01. The minimum atomic E-state index is -0.188. The van der Waals surface area contributed by atoms with Crippen molar-refractivity contribution in [3.05, 3.63) is 36.3 Å². The molecule has 1 heterocycles. The summed E-state index contributed by atoms with van der Waals surface area (Å²) in [4.78, 5) is 0. The van der Waals surface area contributed by atoms with Gasteiger partial charge in [0.2, 0.25) is 0 Å². The zero-order chi connectivity index (χ0) is 11.4. The van der Waals surface area contributed by atoms with E-state index in [1.54, 1.807) is 6.07 Å². The number of benzene rings is 1. The van der Waals surface area contributed by atoms with Crippen molar-refractivity contribution in [2.75, 3.05) is 13.2 Å². The first-order valence-electron chi connectivity index (χ1n) is 5.63. The molecule has 0 amide bonds. The van der Waals surface area contributed by atoms with Crippen LogP contribution in [0.4, 0.5) is 4.39 Å². The van der Waals surface area contributed by atoms with Gasteiger partial charge in [0.05, 0.1) is 6.61 Å². The second-order valence-corrected chi connectivity index (χ2v) is 3.82. The molecule has 0 fully saturated rings. The molecule has 0 aliphatic carbocycles. The standard InChI is InChI=1S/C13H16FNO/c1-2-8-16-9-7-15-6-5-11-10-12(14)3-4-13(11)15/h3-6,10H,2,7-9H2,1H3. The van der Waals surface area contributed by atoms with Crippen LogP contribution < -0.4 is 0 Å². The van der Waals surface area contributed by atoms with Crippen molar-refractivity contribution >= 4 is 10.9 Å². The lowest BCUT2D eigenvalue weighted by molar-refractivity contribution is 0.127. The third kappa shape index (κ3) is 2.42. The van der Waals surface area contributed by atoms with E-state index in [1.807, 2.05) is 18.3 Å². The third-order valence-corrected chi connectivity index (χ3v) is 2.56. The highest BCUT2D eigenvalue weighted by molar-refractivity contribution is 5.80. The van der Waals surface area contributed by atoms with Crippen LogP contribution in [0, 0.1) is 5.82 Å². The lowest BCUT2D eigenvalue weighted by atomic mass is 10.2. The summed E-state index contributed by atoms with van der Waals surface area (Å²) in [6, 6.07) is 6.78. The van der Waals surface area contributed by atoms with Gasteiger partial charge in [-0.2, -0.15) is 0 Å². The van der Waals surface area contributed by atoms with Crippen LogP contribution in [-0.4, -0.2) is 17.8 Å². The molecule has 86 valence electrons. The van der Waals surface area contributed by atoms with E-state index in [2.05, 4.69) is 11.5 Å². The maximum atomic E-state index is 13.0. The Morgan fingerprint density at radius 3 is 2.94 bits per heavy atom. The molecular weight excluding hydrogens is 205 g/mol. The molecule has 0 saturated carbocycles. The van der Waals surface area contributed by atoms with Gasteiger partial charge in [-0.25, -0.2) is 4.39 Å². The number of fused-ring (bicyclic) bond motifs is 1. The van der Waals surface area contributed by atoms with E-state index in [4.69, 9.17) is 4.74 Å². The third-order valence-electron chi connectivity index (χ3n) is 2.56. The summed E-state index contributed by atoms with van der Waals surface area (Å²) in [6.07, 6.45) is 3.01. The van der Waals surface area contributed by atoms with E-state index in [0.717, 1.165) is 30.5 Å². The highest BCUT2D eigenvalue weighted by Crippen LogP contribution is 2.16. The number of hydrogen-bond acceptors (Lipinski definition) is 1. The Balaban J connectivity index is 2.07. The molecule has 2 aromatic rings. The summed E-state index contributed by atoms with van der Waals surface area (Å²) in [6.45, 7) is 4.41. The monoisotopic (exact) mass is 221 g/mol. The molecule has 0 aliphatic heterocycles. The molecule has 0 atom stereocenters. The molecule has 0 saturated heterocycles. The molecule has 0 N–H and O–H groups in total. The van der Waals surface area contributed by atoms with E-state index in [1.165, 1.54) is 6.07 Å². The Hall–Kier alpha value is -1.35. The Labute approximate surface area is 94.6 Å². The molecular formula is C13H16FNO. The zero-order valence-corrected chi connectivity index (χ0v) is 9.45. The molecule has 16 heavy (non-hydrogen) atoms. The number of ether oxygens (including phenoxy) is 1. The van der Waals surface area contributed by atoms with Crippen molar-refractivity contribution in [2.45, 2.75) is 19.9 Å². The van der Waals surface area contributed by atoms with Crippen LogP contribution in [0.3, 0.4) is 0 Å². The van der Waals surface area contributed by atoms with E-state index in [-0.39, 0.29) is 5.82 Å². The first kappa shape index (κ1) is 11.1. The van der Waals surface area contributed by atoms with Crippen LogP contribution in [0.5, 0.6) is 0 Å². The van der Waals surface area contributed by atoms with Crippen LogP contribution in [0.2, 0.25) is 0 Å². The number of hydrogen-bond donors (Lipinski definition) is 0. The molecule has 2 nitrogen and oxygen atoms in total. The summed E-state index contributed by atoms with van der Waals surface area (Å²) in [5, 5.41) is 0.940. The fraction of sp³-hybridized carbons (Fsp3) is 0.385. The summed E-state index contributed by atoms with van der Waals surface area (Å²) < 4.78 is 20.5. The summed E-state index contributed by atoms with van der Waals surface area (Å²) in [5.74, 6) is -0.188. The van der Waals surface area contributed by atoms with Crippen molar-refractivity contribution in [1.82, 2.24) is 4.57 Å². The van der Waals surface area contributed by atoms with Gasteiger partial charge in [-0.3, -0.25) is 0 Å². The van der Waals surface area contributed by atoms with Gasteiger partial charge in [0.25, 0.3) is 0 Å². The van der Waals surface area contributed by atoms with Crippen molar-refractivity contribution < 1.29 is 9.13 Å². The summed E-state index contributed by atoms with van der Waals surface area (Å²) >= 11 is 0. The number of nitrogens with zero attached hydrogens (tertiary/aromatic N) is 1. The first-order chi connectivity index (χ1) is 7.81. The second kappa shape index (κ2) is 5.12. The predicted octanol–water partition coefficient (Wildman–Crippen LogP) is 3.21. The second-order valence-electron chi connectivity index (χ2n) is 3.82. The number of rotatable bonds is 5. The quantitative estimate of drug-likeness (QED) is 0.707. The Morgan fingerprint density at radius 1 is 1.25 bits per heavy atom. The van der Waals surface area contributed by atoms with Gasteiger partial charge in [0.1, 0.15) is 5.82 Å².